The van der Waals surface area contributed by atoms with Crippen molar-refractivity contribution in [2.75, 3.05) is 13.2 Å². The third-order valence-electron chi connectivity index (χ3n) is 3.75. The zero-order valence-electron chi connectivity index (χ0n) is 12.9. The van der Waals surface area contributed by atoms with Crippen LogP contribution in [0.2, 0.25) is 0 Å². The average molecular weight is 314 g/mol. The molecule has 0 radical (unpaired) electrons. The van der Waals surface area contributed by atoms with Crippen molar-refractivity contribution in [2.45, 2.75) is 26.2 Å². The van der Waals surface area contributed by atoms with Crippen LogP contribution in [0.1, 0.15) is 35.1 Å². The molecule has 1 heterocycles. The van der Waals surface area contributed by atoms with Crippen LogP contribution in [-0.2, 0) is 27.1 Å². The quantitative estimate of drug-likeness (QED) is 0.790. The number of fused-ring (bicyclic) bond motifs is 1. The van der Waals surface area contributed by atoms with Crippen molar-refractivity contribution in [1.29, 1.82) is 0 Å². The van der Waals surface area contributed by atoms with Gasteiger partial charge >= 0.3 is 11.9 Å². The first-order chi connectivity index (χ1) is 11.2. The molecule has 120 valence electrons. The highest BCUT2D eigenvalue weighted by Gasteiger charge is 2.28. The van der Waals surface area contributed by atoms with Gasteiger partial charge in [0.1, 0.15) is 0 Å². The molecule has 6 heteroatoms. The Morgan fingerprint density at radius 1 is 1.17 bits per heavy atom. The summed E-state index contributed by atoms with van der Waals surface area (Å²) >= 11 is 0. The number of benzene rings is 1. The number of para-hydroxylation sites is 1. The first kappa shape index (κ1) is 15.3. The van der Waals surface area contributed by atoms with Gasteiger partial charge in [0.2, 0.25) is 0 Å². The van der Waals surface area contributed by atoms with Crippen molar-refractivity contribution in [3.05, 3.63) is 47.3 Å². The molecule has 23 heavy (non-hydrogen) atoms. The van der Waals surface area contributed by atoms with Crippen molar-refractivity contribution < 1.29 is 19.1 Å². The van der Waals surface area contributed by atoms with Crippen LogP contribution in [0, 0.1) is 0 Å². The molecule has 0 bridgehead atoms. The lowest BCUT2D eigenvalue weighted by Crippen LogP contribution is -2.17. The van der Waals surface area contributed by atoms with Crippen molar-refractivity contribution in [2.24, 2.45) is 0 Å². The van der Waals surface area contributed by atoms with E-state index in [2.05, 4.69) is 5.10 Å². The van der Waals surface area contributed by atoms with Crippen molar-refractivity contribution >= 4 is 11.9 Å². The lowest BCUT2D eigenvalue weighted by molar-refractivity contribution is -0.146. The summed E-state index contributed by atoms with van der Waals surface area (Å²) in [6.07, 6.45) is 2.66. The molecular formula is C17H18N2O4. The molecular weight excluding hydrogens is 296 g/mol. The first-order valence-corrected chi connectivity index (χ1v) is 7.69. The summed E-state index contributed by atoms with van der Waals surface area (Å²) in [4.78, 5) is 23.6. The molecule has 0 saturated heterocycles. The van der Waals surface area contributed by atoms with Gasteiger partial charge in [-0.1, -0.05) is 18.2 Å². The molecule has 0 amide bonds. The largest absolute Gasteiger partial charge is 0.463 e. The minimum Gasteiger partial charge on any atom is -0.463 e. The summed E-state index contributed by atoms with van der Waals surface area (Å²) in [7, 11) is 0. The van der Waals surface area contributed by atoms with E-state index < -0.39 is 11.9 Å². The Morgan fingerprint density at radius 3 is 2.70 bits per heavy atom. The van der Waals surface area contributed by atoms with Gasteiger partial charge in [0.25, 0.3) is 0 Å². The lowest BCUT2D eigenvalue weighted by Gasteiger charge is -2.05. The Balaban J connectivity index is 1.83. The molecule has 0 aliphatic heterocycles. The first-order valence-electron chi connectivity index (χ1n) is 7.69. The van der Waals surface area contributed by atoms with Crippen LogP contribution in [0.25, 0.3) is 5.69 Å². The number of rotatable bonds is 5. The minimum absolute atomic E-state index is 0.258. The van der Waals surface area contributed by atoms with E-state index in [1.54, 1.807) is 11.6 Å². The highest BCUT2D eigenvalue weighted by molar-refractivity contribution is 5.91. The number of hydrogen-bond acceptors (Lipinski definition) is 5. The van der Waals surface area contributed by atoms with E-state index in [0.29, 0.717) is 5.69 Å². The molecule has 1 aromatic carbocycles. The monoisotopic (exact) mass is 314 g/mol. The van der Waals surface area contributed by atoms with E-state index >= 15 is 0 Å². The Kier molecular flexibility index (Phi) is 4.41. The summed E-state index contributed by atoms with van der Waals surface area (Å²) in [6, 6.07) is 9.68. The maximum Gasteiger partial charge on any atom is 0.359 e. The van der Waals surface area contributed by atoms with E-state index in [4.69, 9.17) is 9.47 Å². The Bertz CT molecular complexity index is 722. The molecule has 1 aromatic heterocycles. The van der Waals surface area contributed by atoms with Crippen LogP contribution in [0.4, 0.5) is 0 Å². The Labute approximate surface area is 134 Å². The summed E-state index contributed by atoms with van der Waals surface area (Å²) in [6.45, 7) is 1.57. The van der Waals surface area contributed by atoms with Gasteiger partial charge in [-0.15, -0.1) is 0 Å². The SMILES string of the molecule is CCOC(=O)COC(=O)c1nn(-c2ccccc2)c2c1CCC2. The fourth-order valence-corrected chi connectivity index (χ4v) is 2.78. The third kappa shape index (κ3) is 3.11. The van der Waals surface area contributed by atoms with E-state index in [0.717, 1.165) is 36.2 Å². The predicted molar refractivity (Wildman–Crippen MR) is 82.5 cm³/mol. The molecule has 0 unspecified atom stereocenters. The number of carbonyl (C=O) groups excluding carboxylic acids is 2. The summed E-state index contributed by atoms with van der Waals surface area (Å²) < 4.78 is 11.6. The van der Waals surface area contributed by atoms with Crippen LogP contribution in [0.5, 0.6) is 0 Å². The van der Waals surface area contributed by atoms with Crippen molar-refractivity contribution in [3.63, 3.8) is 0 Å². The number of aromatic nitrogens is 2. The normalized spacial score (nSPS) is 12.7. The molecule has 0 fully saturated rings. The van der Waals surface area contributed by atoms with Gasteiger partial charge in [-0.05, 0) is 38.3 Å². The van der Waals surface area contributed by atoms with Gasteiger partial charge in [-0.2, -0.15) is 5.10 Å². The van der Waals surface area contributed by atoms with Crippen LogP contribution >= 0.6 is 0 Å². The van der Waals surface area contributed by atoms with Crippen molar-refractivity contribution in [1.82, 2.24) is 9.78 Å². The van der Waals surface area contributed by atoms with Gasteiger partial charge in [-0.3, -0.25) is 0 Å². The molecule has 0 saturated carbocycles. The Hall–Kier alpha value is -2.63. The highest BCUT2D eigenvalue weighted by atomic mass is 16.6. The maximum absolute atomic E-state index is 12.3. The molecule has 1 aliphatic rings. The molecule has 0 N–H and O–H groups in total. The summed E-state index contributed by atoms with van der Waals surface area (Å²) in [5.74, 6) is -1.13. The predicted octanol–water partition coefficient (Wildman–Crippen LogP) is 2.08. The molecule has 2 aromatic rings. The molecule has 0 atom stereocenters. The Morgan fingerprint density at radius 2 is 1.96 bits per heavy atom. The molecule has 6 nitrogen and oxygen atoms in total. The number of esters is 2. The standard InChI is InChI=1S/C17H18N2O4/c1-2-22-15(20)11-23-17(21)16-13-9-6-10-14(13)19(18-16)12-7-4-3-5-8-12/h3-5,7-8H,2,6,9-11H2,1H3. The van der Waals surface area contributed by atoms with Crippen LogP contribution < -0.4 is 0 Å². The van der Waals surface area contributed by atoms with E-state index in [9.17, 15) is 9.59 Å². The lowest BCUT2D eigenvalue weighted by atomic mass is 10.2. The summed E-state index contributed by atoms with van der Waals surface area (Å²) in [5.41, 5.74) is 3.17. The second-order valence-electron chi connectivity index (χ2n) is 5.26. The van der Waals surface area contributed by atoms with Gasteiger partial charge in [0, 0.05) is 11.3 Å². The van der Waals surface area contributed by atoms with Gasteiger partial charge in [0.15, 0.2) is 12.3 Å². The van der Waals surface area contributed by atoms with Gasteiger partial charge in [0.05, 0.1) is 12.3 Å². The van der Waals surface area contributed by atoms with Crippen LogP contribution in [0.15, 0.2) is 30.3 Å². The number of nitrogens with zero attached hydrogens (tertiary/aromatic N) is 2. The van der Waals surface area contributed by atoms with Crippen LogP contribution in [0.3, 0.4) is 0 Å². The number of ether oxygens (including phenoxy) is 2. The van der Waals surface area contributed by atoms with Crippen molar-refractivity contribution in [3.8, 4) is 5.69 Å². The van der Waals surface area contributed by atoms with E-state index in [1.807, 2.05) is 30.3 Å². The maximum atomic E-state index is 12.3. The minimum atomic E-state index is -0.578. The molecule has 1 aliphatic carbocycles. The number of hydrogen-bond donors (Lipinski definition) is 0. The van der Waals surface area contributed by atoms with E-state index in [-0.39, 0.29) is 13.2 Å². The third-order valence-corrected chi connectivity index (χ3v) is 3.75. The fraction of sp³-hybridized carbons (Fsp3) is 0.353. The zero-order valence-corrected chi connectivity index (χ0v) is 12.9. The number of carbonyl (C=O) groups is 2. The van der Waals surface area contributed by atoms with Crippen LogP contribution in [-0.4, -0.2) is 34.9 Å². The topological polar surface area (TPSA) is 70.4 Å². The second kappa shape index (κ2) is 6.64. The van der Waals surface area contributed by atoms with Gasteiger partial charge in [-0.25, -0.2) is 14.3 Å². The molecule has 0 spiro atoms. The fourth-order valence-electron chi connectivity index (χ4n) is 2.78. The molecule has 3 rings (SSSR count). The average Bonchev–Trinajstić information content (AvgIpc) is 3.16. The van der Waals surface area contributed by atoms with E-state index in [1.165, 1.54) is 0 Å². The van der Waals surface area contributed by atoms with Gasteiger partial charge < -0.3 is 9.47 Å². The summed E-state index contributed by atoms with van der Waals surface area (Å²) in [5, 5.41) is 4.42. The smallest absolute Gasteiger partial charge is 0.359 e. The zero-order chi connectivity index (χ0) is 16.2. The second-order valence-corrected chi connectivity index (χ2v) is 5.26. The highest BCUT2D eigenvalue weighted by Crippen LogP contribution is 2.28.